The molecule has 1 heterocycles. The number of methoxy groups -OCH3 is 2. The molecule has 0 unspecified atom stereocenters. The molecule has 162 valence electrons. The monoisotopic (exact) mass is 444 g/mol. The molecule has 3 rings (SSSR count). The zero-order valence-corrected chi connectivity index (χ0v) is 18.1. The van der Waals surface area contributed by atoms with E-state index in [1.807, 2.05) is 6.92 Å². The Hall–Kier alpha value is -3.66. The number of hydrogen-bond acceptors (Lipinski definition) is 8. The number of carbonyl (C=O) groups is 2. The molecule has 9 nitrogen and oxygen atoms in total. The van der Waals surface area contributed by atoms with Crippen LogP contribution in [0.25, 0.3) is 11.5 Å². The first kappa shape index (κ1) is 22.0. The van der Waals surface area contributed by atoms with Gasteiger partial charge in [0.25, 0.3) is 10.0 Å². The van der Waals surface area contributed by atoms with E-state index in [0.717, 1.165) is 32.0 Å². The highest BCUT2D eigenvalue weighted by atomic mass is 32.2. The maximum absolute atomic E-state index is 13.0. The lowest BCUT2D eigenvalue weighted by Gasteiger charge is -2.11. The van der Waals surface area contributed by atoms with Crippen molar-refractivity contribution in [1.82, 2.24) is 4.98 Å². The predicted molar refractivity (Wildman–Crippen MR) is 111 cm³/mol. The molecule has 0 aliphatic carbocycles. The molecule has 3 aromatic rings. The Labute approximate surface area is 179 Å². The minimum absolute atomic E-state index is 0.106. The molecule has 0 bridgehead atoms. The molecule has 0 fully saturated rings. The molecule has 10 heteroatoms. The predicted octanol–water partition coefficient (Wildman–Crippen LogP) is 3.33. The third kappa shape index (κ3) is 4.75. The quantitative estimate of drug-likeness (QED) is 0.574. The van der Waals surface area contributed by atoms with Crippen LogP contribution in [0.5, 0.6) is 0 Å². The van der Waals surface area contributed by atoms with E-state index in [1.54, 1.807) is 31.2 Å². The fourth-order valence-corrected chi connectivity index (χ4v) is 3.87. The minimum Gasteiger partial charge on any atom is -0.465 e. The van der Waals surface area contributed by atoms with Crippen LogP contribution in [0.15, 0.2) is 51.8 Å². The first-order valence-electron chi connectivity index (χ1n) is 9.03. The molecule has 31 heavy (non-hydrogen) atoms. The Kier molecular flexibility index (Phi) is 6.11. The van der Waals surface area contributed by atoms with Crippen molar-refractivity contribution in [3.05, 3.63) is 65.0 Å². The fourth-order valence-electron chi connectivity index (χ4n) is 2.75. The summed E-state index contributed by atoms with van der Waals surface area (Å²) in [7, 11) is -1.86. The summed E-state index contributed by atoms with van der Waals surface area (Å²) in [4.78, 5) is 27.9. The maximum Gasteiger partial charge on any atom is 0.337 e. The number of aryl methyl sites for hydroxylation is 2. The van der Waals surface area contributed by atoms with Crippen LogP contribution in [0.4, 0.5) is 5.69 Å². The Balaban J connectivity index is 1.99. The molecule has 0 aliphatic rings. The van der Waals surface area contributed by atoms with Crippen LogP contribution in [0, 0.1) is 13.8 Å². The van der Waals surface area contributed by atoms with E-state index in [0.29, 0.717) is 17.2 Å². The Morgan fingerprint density at radius 3 is 2.10 bits per heavy atom. The third-order valence-electron chi connectivity index (χ3n) is 4.45. The van der Waals surface area contributed by atoms with Gasteiger partial charge < -0.3 is 13.9 Å². The highest BCUT2D eigenvalue weighted by molar-refractivity contribution is 7.92. The summed E-state index contributed by atoms with van der Waals surface area (Å²) in [5.74, 6) is -0.565. The minimum atomic E-state index is -4.16. The second-order valence-corrected chi connectivity index (χ2v) is 8.26. The van der Waals surface area contributed by atoms with E-state index in [9.17, 15) is 18.0 Å². The second-order valence-electron chi connectivity index (χ2n) is 6.58. The second kappa shape index (κ2) is 8.60. The number of benzene rings is 2. The van der Waals surface area contributed by atoms with Gasteiger partial charge in [0.15, 0.2) is 0 Å². The summed E-state index contributed by atoms with van der Waals surface area (Å²) in [6.07, 6.45) is 0. The van der Waals surface area contributed by atoms with E-state index in [2.05, 4.69) is 19.2 Å². The number of nitrogens with zero attached hydrogens (tertiary/aromatic N) is 1. The Morgan fingerprint density at radius 1 is 0.968 bits per heavy atom. The van der Waals surface area contributed by atoms with E-state index >= 15 is 0 Å². The summed E-state index contributed by atoms with van der Waals surface area (Å²) in [6.45, 7) is 3.59. The average Bonchev–Trinajstić information content (AvgIpc) is 3.10. The number of nitrogens with one attached hydrogen (secondary N) is 1. The SMILES string of the molecule is COC(=O)c1cc(C(=O)OC)cc(S(=O)(=O)Nc2cccc(-c3nc(C)c(C)o3)c2)c1. The first-order chi connectivity index (χ1) is 14.6. The normalized spacial score (nSPS) is 11.1. The Bertz CT molecular complexity index is 1210. The van der Waals surface area contributed by atoms with Gasteiger partial charge in [0.1, 0.15) is 5.76 Å². The molecule has 0 spiro atoms. The number of rotatable bonds is 6. The molecule has 0 aliphatic heterocycles. The van der Waals surface area contributed by atoms with Crippen molar-refractivity contribution < 1.29 is 31.9 Å². The summed E-state index contributed by atoms with van der Waals surface area (Å²) in [5.41, 5.74) is 1.34. The lowest BCUT2D eigenvalue weighted by atomic mass is 10.1. The number of esters is 2. The van der Waals surface area contributed by atoms with Crippen LogP contribution in [0.1, 0.15) is 32.2 Å². The lowest BCUT2D eigenvalue weighted by molar-refractivity contribution is 0.0598. The van der Waals surface area contributed by atoms with Crippen molar-refractivity contribution in [3.8, 4) is 11.5 Å². The summed E-state index contributed by atoms with van der Waals surface area (Å²) < 4.78 is 43.3. The number of anilines is 1. The van der Waals surface area contributed by atoms with Gasteiger partial charge in [-0.1, -0.05) is 6.07 Å². The molecule has 0 amide bonds. The van der Waals surface area contributed by atoms with Gasteiger partial charge in [-0.25, -0.2) is 23.0 Å². The van der Waals surface area contributed by atoms with Gasteiger partial charge >= 0.3 is 11.9 Å². The molecule has 0 saturated heterocycles. The first-order valence-corrected chi connectivity index (χ1v) is 10.5. The van der Waals surface area contributed by atoms with Crippen LogP contribution in [-0.2, 0) is 19.5 Å². The van der Waals surface area contributed by atoms with Gasteiger partial charge in [-0.3, -0.25) is 4.72 Å². The van der Waals surface area contributed by atoms with Gasteiger partial charge in [-0.15, -0.1) is 0 Å². The highest BCUT2D eigenvalue weighted by Gasteiger charge is 2.21. The van der Waals surface area contributed by atoms with Crippen LogP contribution >= 0.6 is 0 Å². The molecule has 0 radical (unpaired) electrons. The fraction of sp³-hybridized carbons (Fsp3) is 0.190. The third-order valence-corrected chi connectivity index (χ3v) is 5.81. The van der Waals surface area contributed by atoms with Crippen molar-refractivity contribution in [2.75, 3.05) is 18.9 Å². The number of oxazole rings is 1. The van der Waals surface area contributed by atoms with Crippen molar-refractivity contribution in [3.63, 3.8) is 0 Å². The number of carbonyl (C=O) groups excluding carboxylic acids is 2. The summed E-state index contributed by atoms with van der Waals surface area (Å²) in [6, 6.07) is 9.92. The maximum atomic E-state index is 13.0. The van der Waals surface area contributed by atoms with Crippen LogP contribution in [0.3, 0.4) is 0 Å². The molecule has 2 aromatic carbocycles. The van der Waals surface area contributed by atoms with Gasteiger partial charge in [-0.2, -0.15) is 0 Å². The van der Waals surface area contributed by atoms with Crippen molar-refractivity contribution in [2.24, 2.45) is 0 Å². The molecular formula is C21H20N2O7S. The zero-order chi connectivity index (χ0) is 22.8. The lowest BCUT2D eigenvalue weighted by Crippen LogP contribution is -2.16. The average molecular weight is 444 g/mol. The van der Waals surface area contributed by atoms with Crippen LogP contribution in [-0.4, -0.2) is 39.6 Å². The molecular weight excluding hydrogens is 424 g/mol. The molecule has 1 aromatic heterocycles. The summed E-state index contributed by atoms with van der Waals surface area (Å²) in [5, 5.41) is 0. The van der Waals surface area contributed by atoms with E-state index in [-0.39, 0.29) is 21.7 Å². The number of ether oxygens (including phenoxy) is 2. The number of hydrogen-bond donors (Lipinski definition) is 1. The molecule has 0 saturated carbocycles. The number of sulfonamides is 1. The topological polar surface area (TPSA) is 125 Å². The van der Waals surface area contributed by atoms with Crippen LogP contribution < -0.4 is 4.72 Å². The van der Waals surface area contributed by atoms with Gasteiger partial charge in [0.05, 0.1) is 35.9 Å². The highest BCUT2D eigenvalue weighted by Crippen LogP contribution is 2.26. The number of aromatic nitrogens is 1. The smallest absolute Gasteiger partial charge is 0.337 e. The Morgan fingerprint density at radius 2 is 1.58 bits per heavy atom. The van der Waals surface area contributed by atoms with E-state index < -0.39 is 22.0 Å². The van der Waals surface area contributed by atoms with Crippen molar-refractivity contribution >= 4 is 27.6 Å². The standard InChI is InChI=1S/C21H20N2O7S/c1-12-13(2)30-19(22-12)14-6-5-7-17(9-14)23-31(26,27)18-10-15(20(24)28-3)8-16(11-18)21(25)29-4/h5-11,23H,1-4H3. The molecule has 0 atom stereocenters. The van der Waals surface area contributed by atoms with Crippen molar-refractivity contribution in [1.29, 1.82) is 0 Å². The summed E-state index contributed by atoms with van der Waals surface area (Å²) >= 11 is 0. The van der Waals surface area contributed by atoms with Gasteiger partial charge in [-0.05, 0) is 50.2 Å². The van der Waals surface area contributed by atoms with E-state index in [1.165, 1.54) is 6.07 Å². The largest absolute Gasteiger partial charge is 0.465 e. The van der Waals surface area contributed by atoms with E-state index in [4.69, 9.17) is 4.42 Å². The van der Waals surface area contributed by atoms with Crippen molar-refractivity contribution in [2.45, 2.75) is 18.7 Å². The van der Waals surface area contributed by atoms with Gasteiger partial charge in [0, 0.05) is 11.3 Å². The van der Waals surface area contributed by atoms with Crippen LogP contribution in [0.2, 0.25) is 0 Å². The molecule has 1 N–H and O–H groups in total. The van der Waals surface area contributed by atoms with Gasteiger partial charge in [0.2, 0.25) is 5.89 Å². The zero-order valence-electron chi connectivity index (χ0n) is 17.3.